The normalized spacial score (nSPS) is 11.5. The summed E-state index contributed by atoms with van der Waals surface area (Å²) < 4.78 is 22.3. The predicted octanol–water partition coefficient (Wildman–Crippen LogP) is 4.13. The number of carbonyl (C=O) groups excluding carboxylic acids is 2. The van der Waals surface area contributed by atoms with Gasteiger partial charge in [-0.15, -0.1) is 0 Å². The van der Waals surface area contributed by atoms with Crippen molar-refractivity contribution in [2.24, 2.45) is 5.92 Å². The second kappa shape index (κ2) is 13.3. The Morgan fingerprint density at radius 3 is 2.15 bits per heavy atom. The number of carbonyl (C=O) groups is 2. The largest absolute Gasteiger partial charge is 0.493 e. The maximum Gasteiger partial charge on any atom is 0.251 e. The van der Waals surface area contributed by atoms with Gasteiger partial charge in [-0.25, -0.2) is 0 Å². The van der Waals surface area contributed by atoms with Crippen LogP contribution in [0.15, 0.2) is 36.4 Å². The molecule has 0 saturated heterocycles. The van der Waals surface area contributed by atoms with Gasteiger partial charge >= 0.3 is 0 Å². The number of benzene rings is 2. The Hall–Kier alpha value is -3.42. The maximum absolute atomic E-state index is 12.5. The molecule has 0 heterocycles. The van der Waals surface area contributed by atoms with Crippen LogP contribution in [0.25, 0.3) is 0 Å². The van der Waals surface area contributed by atoms with Crippen LogP contribution in [0.5, 0.6) is 23.0 Å². The molecule has 0 aliphatic heterocycles. The van der Waals surface area contributed by atoms with Gasteiger partial charge in [0.1, 0.15) is 0 Å². The van der Waals surface area contributed by atoms with Crippen molar-refractivity contribution in [1.82, 2.24) is 10.6 Å². The lowest BCUT2D eigenvalue weighted by atomic mass is 10.1. The van der Waals surface area contributed by atoms with E-state index < -0.39 is 0 Å². The van der Waals surface area contributed by atoms with E-state index in [1.807, 2.05) is 39.0 Å². The number of hydrogen-bond donors (Lipinski definition) is 2. The second-order valence-electron chi connectivity index (χ2n) is 8.11. The third-order valence-electron chi connectivity index (χ3n) is 4.85. The summed E-state index contributed by atoms with van der Waals surface area (Å²) in [5.74, 6) is 2.04. The number of methoxy groups -OCH3 is 1. The van der Waals surface area contributed by atoms with E-state index in [0.717, 1.165) is 5.56 Å². The van der Waals surface area contributed by atoms with E-state index in [2.05, 4.69) is 24.5 Å². The Morgan fingerprint density at radius 2 is 1.50 bits per heavy atom. The van der Waals surface area contributed by atoms with Gasteiger partial charge in [0.05, 0.1) is 39.5 Å². The average Bonchev–Trinajstić information content (AvgIpc) is 2.82. The van der Waals surface area contributed by atoms with Crippen LogP contribution in [0.1, 0.15) is 56.6 Å². The van der Waals surface area contributed by atoms with Gasteiger partial charge < -0.3 is 29.6 Å². The Labute approximate surface area is 201 Å². The SMILES string of the molecule is CCOc1ccc(C(=O)NCC(=O)NC(C)c2ccc(OCC(C)C)c(OC)c2)cc1OCC. The van der Waals surface area contributed by atoms with E-state index >= 15 is 0 Å². The molecule has 0 bridgehead atoms. The Morgan fingerprint density at radius 1 is 0.853 bits per heavy atom. The molecule has 0 aliphatic rings. The first-order chi connectivity index (χ1) is 16.3. The van der Waals surface area contributed by atoms with Crippen LogP contribution in [-0.4, -0.2) is 45.3 Å². The zero-order valence-electron chi connectivity index (χ0n) is 20.9. The van der Waals surface area contributed by atoms with Crippen molar-refractivity contribution in [1.29, 1.82) is 0 Å². The molecule has 2 aromatic carbocycles. The molecule has 8 nitrogen and oxygen atoms in total. The highest BCUT2D eigenvalue weighted by atomic mass is 16.5. The molecule has 0 radical (unpaired) electrons. The molecule has 2 amide bonds. The summed E-state index contributed by atoms with van der Waals surface area (Å²) in [6.07, 6.45) is 0. The van der Waals surface area contributed by atoms with Crippen LogP contribution >= 0.6 is 0 Å². The first-order valence-corrected chi connectivity index (χ1v) is 11.6. The molecule has 186 valence electrons. The predicted molar refractivity (Wildman–Crippen MR) is 131 cm³/mol. The van der Waals surface area contributed by atoms with Crippen molar-refractivity contribution < 1.29 is 28.5 Å². The molecule has 2 aromatic rings. The first-order valence-electron chi connectivity index (χ1n) is 11.6. The van der Waals surface area contributed by atoms with E-state index in [-0.39, 0.29) is 24.4 Å². The number of nitrogens with one attached hydrogen (secondary N) is 2. The summed E-state index contributed by atoms with van der Waals surface area (Å²) in [5, 5.41) is 5.53. The summed E-state index contributed by atoms with van der Waals surface area (Å²) in [6.45, 7) is 11.1. The van der Waals surface area contributed by atoms with E-state index in [4.69, 9.17) is 18.9 Å². The molecule has 2 rings (SSSR count). The lowest BCUT2D eigenvalue weighted by Crippen LogP contribution is -2.38. The lowest BCUT2D eigenvalue weighted by Gasteiger charge is -2.18. The van der Waals surface area contributed by atoms with Crippen LogP contribution in [0, 0.1) is 5.92 Å². The molecular weight excluding hydrogens is 436 g/mol. The molecule has 8 heteroatoms. The van der Waals surface area contributed by atoms with E-state index in [0.29, 0.717) is 54.3 Å². The van der Waals surface area contributed by atoms with E-state index in [1.54, 1.807) is 25.3 Å². The van der Waals surface area contributed by atoms with Gasteiger partial charge in [0.15, 0.2) is 23.0 Å². The molecule has 0 saturated carbocycles. The fraction of sp³-hybridized carbons (Fsp3) is 0.462. The van der Waals surface area contributed by atoms with Crippen molar-refractivity contribution in [3.8, 4) is 23.0 Å². The fourth-order valence-electron chi connectivity index (χ4n) is 3.16. The smallest absolute Gasteiger partial charge is 0.251 e. The molecule has 0 fully saturated rings. The first kappa shape index (κ1) is 26.8. The summed E-state index contributed by atoms with van der Waals surface area (Å²) in [5.41, 5.74) is 1.25. The second-order valence-corrected chi connectivity index (χ2v) is 8.11. The summed E-state index contributed by atoms with van der Waals surface area (Å²) in [4.78, 5) is 25.0. The van der Waals surface area contributed by atoms with Gasteiger partial charge in [0, 0.05) is 5.56 Å². The van der Waals surface area contributed by atoms with Crippen LogP contribution in [0.4, 0.5) is 0 Å². The maximum atomic E-state index is 12.5. The highest BCUT2D eigenvalue weighted by Crippen LogP contribution is 2.31. The minimum Gasteiger partial charge on any atom is -0.493 e. The quantitative estimate of drug-likeness (QED) is 0.455. The molecular formula is C26H36N2O6. The molecule has 1 unspecified atom stereocenters. The van der Waals surface area contributed by atoms with Gasteiger partial charge in [-0.3, -0.25) is 9.59 Å². The van der Waals surface area contributed by atoms with Crippen molar-refractivity contribution >= 4 is 11.8 Å². The topological polar surface area (TPSA) is 95.1 Å². The number of ether oxygens (including phenoxy) is 4. The molecule has 2 N–H and O–H groups in total. The molecule has 0 aliphatic carbocycles. The summed E-state index contributed by atoms with van der Waals surface area (Å²) >= 11 is 0. The monoisotopic (exact) mass is 472 g/mol. The lowest BCUT2D eigenvalue weighted by molar-refractivity contribution is -0.120. The van der Waals surface area contributed by atoms with Crippen molar-refractivity contribution in [2.45, 2.75) is 40.7 Å². The fourth-order valence-corrected chi connectivity index (χ4v) is 3.16. The molecule has 0 spiro atoms. The number of rotatable bonds is 13. The van der Waals surface area contributed by atoms with Gasteiger partial charge in [-0.2, -0.15) is 0 Å². The third kappa shape index (κ3) is 7.86. The van der Waals surface area contributed by atoms with Crippen molar-refractivity contribution in [3.05, 3.63) is 47.5 Å². The number of amides is 2. The van der Waals surface area contributed by atoms with E-state index in [9.17, 15) is 9.59 Å². The van der Waals surface area contributed by atoms with Crippen molar-refractivity contribution in [3.63, 3.8) is 0 Å². The highest BCUT2D eigenvalue weighted by Gasteiger charge is 2.16. The Bertz CT molecular complexity index is 960. The van der Waals surface area contributed by atoms with E-state index in [1.165, 1.54) is 0 Å². The third-order valence-corrected chi connectivity index (χ3v) is 4.85. The minimum atomic E-state index is -0.375. The average molecular weight is 473 g/mol. The van der Waals surface area contributed by atoms with Crippen LogP contribution < -0.4 is 29.6 Å². The Balaban J connectivity index is 1.95. The van der Waals surface area contributed by atoms with Crippen molar-refractivity contribution in [2.75, 3.05) is 33.5 Å². The zero-order valence-corrected chi connectivity index (χ0v) is 20.9. The standard InChI is InChI=1S/C26H36N2O6/c1-7-32-22-12-10-20(14-24(22)33-8-2)26(30)27-15-25(29)28-18(5)19-9-11-21(23(13-19)31-6)34-16-17(3)4/h9-14,17-18H,7-8,15-16H2,1-6H3,(H,27,30)(H,28,29). The molecule has 34 heavy (non-hydrogen) atoms. The summed E-state index contributed by atoms with van der Waals surface area (Å²) in [7, 11) is 1.58. The van der Waals surface area contributed by atoms with Gasteiger partial charge in [0.25, 0.3) is 5.91 Å². The molecule has 0 aromatic heterocycles. The van der Waals surface area contributed by atoms with Crippen LogP contribution in [0.2, 0.25) is 0 Å². The van der Waals surface area contributed by atoms with Crippen LogP contribution in [0.3, 0.4) is 0 Å². The van der Waals surface area contributed by atoms with Gasteiger partial charge in [0.2, 0.25) is 5.91 Å². The molecule has 1 atom stereocenters. The zero-order chi connectivity index (χ0) is 25.1. The van der Waals surface area contributed by atoms with Crippen LogP contribution in [-0.2, 0) is 4.79 Å². The summed E-state index contributed by atoms with van der Waals surface area (Å²) in [6, 6.07) is 10.2. The van der Waals surface area contributed by atoms with Gasteiger partial charge in [-0.05, 0) is 62.6 Å². The Kier molecular flexibility index (Phi) is 10.5. The highest BCUT2D eigenvalue weighted by molar-refractivity contribution is 5.97. The number of hydrogen-bond acceptors (Lipinski definition) is 6. The minimum absolute atomic E-state index is 0.160. The van der Waals surface area contributed by atoms with Gasteiger partial charge in [-0.1, -0.05) is 19.9 Å².